The lowest BCUT2D eigenvalue weighted by atomic mass is 10.2. The summed E-state index contributed by atoms with van der Waals surface area (Å²) in [6, 6.07) is 0. The molecule has 0 aliphatic carbocycles. The molecule has 0 aliphatic heterocycles. The normalized spacial score (nSPS) is 13.4. The van der Waals surface area contributed by atoms with Gasteiger partial charge in [-0.05, 0) is 6.42 Å². The van der Waals surface area contributed by atoms with Crippen LogP contribution in [0.15, 0.2) is 37.5 Å². The molecule has 1 heteroatoms. The van der Waals surface area contributed by atoms with Crippen molar-refractivity contribution in [2.45, 2.75) is 12.5 Å². The van der Waals surface area contributed by atoms with Crippen molar-refractivity contribution in [2.24, 2.45) is 0 Å². The zero-order valence-electron chi connectivity index (χ0n) is 5.46. The molecule has 9 heavy (non-hydrogen) atoms. The van der Waals surface area contributed by atoms with Gasteiger partial charge in [-0.3, -0.25) is 0 Å². The monoisotopic (exact) mass is 124 g/mol. The van der Waals surface area contributed by atoms with Crippen LogP contribution in [-0.2, 0) is 0 Å². The molecule has 0 radical (unpaired) electrons. The summed E-state index contributed by atoms with van der Waals surface area (Å²) in [6.07, 6.45) is 6.90. The summed E-state index contributed by atoms with van der Waals surface area (Å²) >= 11 is 0. The quantitative estimate of drug-likeness (QED) is 0.446. The molecule has 0 fully saturated rings. The first-order chi connectivity index (χ1) is 4.31. The maximum atomic E-state index is 8.97. The zero-order valence-corrected chi connectivity index (χ0v) is 5.46. The highest BCUT2D eigenvalue weighted by Gasteiger charge is 1.90. The highest BCUT2D eigenvalue weighted by Crippen LogP contribution is 1.92. The van der Waals surface area contributed by atoms with E-state index in [0.29, 0.717) is 6.42 Å². The third-order valence-corrected chi connectivity index (χ3v) is 0.878. The molecule has 0 aromatic heterocycles. The Balaban J connectivity index is 3.47. The molecule has 0 heterocycles. The van der Waals surface area contributed by atoms with E-state index in [1.807, 2.05) is 0 Å². The number of aliphatic hydroxyl groups excluding tert-OH is 1. The van der Waals surface area contributed by atoms with Crippen molar-refractivity contribution in [2.75, 3.05) is 0 Å². The van der Waals surface area contributed by atoms with Crippen molar-refractivity contribution >= 4 is 0 Å². The molecule has 50 valence electrons. The number of aliphatic hydroxyl groups is 1. The standard InChI is InChI=1S/C8H12O/c1-3-5-7-8(9)6-4-2/h3-5,7-9H,1-2,6H2/b7-5+. The Kier molecular flexibility index (Phi) is 4.83. The summed E-state index contributed by atoms with van der Waals surface area (Å²) in [7, 11) is 0. The SMILES string of the molecule is C=C/C=C/C(O)CC=C. The van der Waals surface area contributed by atoms with E-state index in [9.17, 15) is 0 Å². The van der Waals surface area contributed by atoms with Crippen LogP contribution in [0.4, 0.5) is 0 Å². The molecule has 0 aromatic carbocycles. The Morgan fingerprint density at radius 2 is 2.11 bits per heavy atom. The van der Waals surface area contributed by atoms with Gasteiger partial charge in [0.25, 0.3) is 0 Å². The van der Waals surface area contributed by atoms with Gasteiger partial charge in [0.05, 0.1) is 6.10 Å². The molecular formula is C8H12O. The van der Waals surface area contributed by atoms with Gasteiger partial charge >= 0.3 is 0 Å². The molecule has 0 saturated carbocycles. The van der Waals surface area contributed by atoms with Gasteiger partial charge in [-0.1, -0.05) is 30.9 Å². The Bertz CT molecular complexity index is 114. The fourth-order valence-corrected chi connectivity index (χ4v) is 0.456. The fraction of sp³-hybridized carbons (Fsp3) is 0.250. The first-order valence-corrected chi connectivity index (χ1v) is 2.89. The van der Waals surface area contributed by atoms with Gasteiger partial charge in [0.15, 0.2) is 0 Å². The van der Waals surface area contributed by atoms with Gasteiger partial charge < -0.3 is 5.11 Å². The second kappa shape index (κ2) is 5.32. The predicted molar refractivity (Wildman–Crippen MR) is 40.2 cm³/mol. The maximum absolute atomic E-state index is 8.97. The summed E-state index contributed by atoms with van der Waals surface area (Å²) < 4.78 is 0. The molecule has 0 saturated heterocycles. The van der Waals surface area contributed by atoms with Crippen LogP contribution < -0.4 is 0 Å². The molecule has 1 N–H and O–H groups in total. The molecule has 0 aliphatic rings. The summed E-state index contributed by atoms with van der Waals surface area (Å²) in [5.41, 5.74) is 0. The summed E-state index contributed by atoms with van der Waals surface area (Å²) in [5, 5.41) is 8.97. The summed E-state index contributed by atoms with van der Waals surface area (Å²) in [4.78, 5) is 0. The van der Waals surface area contributed by atoms with Crippen LogP contribution in [0, 0.1) is 0 Å². The van der Waals surface area contributed by atoms with Crippen LogP contribution in [0.25, 0.3) is 0 Å². The lowest BCUT2D eigenvalue weighted by Crippen LogP contribution is -1.97. The van der Waals surface area contributed by atoms with E-state index >= 15 is 0 Å². The van der Waals surface area contributed by atoms with Gasteiger partial charge in [-0.2, -0.15) is 0 Å². The minimum atomic E-state index is -0.402. The van der Waals surface area contributed by atoms with Crippen LogP contribution in [-0.4, -0.2) is 11.2 Å². The molecule has 0 aromatic rings. The number of hydrogen-bond acceptors (Lipinski definition) is 1. The number of rotatable bonds is 4. The molecule has 0 bridgehead atoms. The van der Waals surface area contributed by atoms with Crippen LogP contribution in [0.3, 0.4) is 0 Å². The Morgan fingerprint density at radius 3 is 2.56 bits per heavy atom. The molecule has 0 spiro atoms. The van der Waals surface area contributed by atoms with Crippen LogP contribution in [0.5, 0.6) is 0 Å². The molecule has 1 atom stereocenters. The van der Waals surface area contributed by atoms with E-state index in [0.717, 1.165) is 0 Å². The Morgan fingerprint density at radius 1 is 1.44 bits per heavy atom. The molecule has 1 unspecified atom stereocenters. The van der Waals surface area contributed by atoms with E-state index in [2.05, 4.69) is 13.2 Å². The van der Waals surface area contributed by atoms with E-state index in [1.165, 1.54) is 0 Å². The number of hydrogen-bond donors (Lipinski definition) is 1. The lowest BCUT2D eigenvalue weighted by molar-refractivity contribution is 0.227. The van der Waals surface area contributed by atoms with Gasteiger partial charge in [-0.15, -0.1) is 6.58 Å². The summed E-state index contributed by atoms with van der Waals surface area (Å²) in [6.45, 7) is 6.96. The minimum absolute atomic E-state index is 0.402. The van der Waals surface area contributed by atoms with Crippen molar-refractivity contribution in [3.8, 4) is 0 Å². The van der Waals surface area contributed by atoms with E-state index in [1.54, 1.807) is 24.3 Å². The largest absolute Gasteiger partial charge is 0.389 e. The van der Waals surface area contributed by atoms with Crippen LogP contribution >= 0.6 is 0 Å². The Hall–Kier alpha value is -0.820. The lowest BCUT2D eigenvalue weighted by Gasteiger charge is -1.96. The number of allylic oxidation sites excluding steroid dienone is 2. The van der Waals surface area contributed by atoms with Crippen molar-refractivity contribution in [1.82, 2.24) is 0 Å². The maximum Gasteiger partial charge on any atom is 0.0758 e. The minimum Gasteiger partial charge on any atom is -0.389 e. The highest BCUT2D eigenvalue weighted by atomic mass is 16.3. The highest BCUT2D eigenvalue weighted by molar-refractivity contribution is 5.01. The molecule has 0 rings (SSSR count). The second-order valence-electron chi connectivity index (χ2n) is 1.71. The van der Waals surface area contributed by atoms with Gasteiger partial charge in [0, 0.05) is 0 Å². The molecular weight excluding hydrogens is 112 g/mol. The van der Waals surface area contributed by atoms with Gasteiger partial charge in [-0.25, -0.2) is 0 Å². The zero-order chi connectivity index (χ0) is 7.11. The molecule has 1 nitrogen and oxygen atoms in total. The van der Waals surface area contributed by atoms with Gasteiger partial charge in [0.2, 0.25) is 0 Å². The van der Waals surface area contributed by atoms with E-state index < -0.39 is 6.10 Å². The average Bonchev–Trinajstić information content (AvgIpc) is 1.85. The summed E-state index contributed by atoms with van der Waals surface area (Å²) in [5.74, 6) is 0. The predicted octanol–water partition coefficient (Wildman–Crippen LogP) is 1.67. The Labute approximate surface area is 56.0 Å². The molecule has 0 amide bonds. The van der Waals surface area contributed by atoms with E-state index in [-0.39, 0.29) is 0 Å². The second-order valence-corrected chi connectivity index (χ2v) is 1.71. The van der Waals surface area contributed by atoms with Gasteiger partial charge in [0.1, 0.15) is 0 Å². The van der Waals surface area contributed by atoms with Crippen LogP contribution in [0.2, 0.25) is 0 Å². The van der Waals surface area contributed by atoms with E-state index in [4.69, 9.17) is 5.11 Å². The smallest absolute Gasteiger partial charge is 0.0758 e. The first-order valence-electron chi connectivity index (χ1n) is 2.89. The van der Waals surface area contributed by atoms with Crippen molar-refractivity contribution in [3.63, 3.8) is 0 Å². The van der Waals surface area contributed by atoms with Crippen molar-refractivity contribution in [3.05, 3.63) is 37.5 Å². The fourth-order valence-electron chi connectivity index (χ4n) is 0.456. The van der Waals surface area contributed by atoms with Crippen molar-refractivity contribution < 1.29 is 5.11 Å². The third-order valence-electron chi connectivity index (χ3n) is 0.878. The first kappa shape index (κ1) is 8.18. The topological polar surface area (TPSA) is 20.2 Å². The average molecular weight is 124 g/mol. The van der Waals surface area contributed by atoms with Crippen LogP contribution in [0.1, 0.15) is 6.42 Å². The van der Waals surface area contributed by atoms with Crippen molar-refractivity contribution in [1.29, 1.82) is 0 Å². The third kappa shape index (κ3) is 5.04.